The number of hydrogen-bond donors (Lipinski definition) is 3. The first-order chi connectivity index (χ1) is 14.0. The molecule has 1 aromatic carbocycles. The summed E-state index contributed by atoms with van der Waals surface area (Å²) < 4.78 is -0.746. The Bertz CT molecular complexity index is 907. The topological polar surface area (TPSA) is 159 Å². The molecule has 3 rings (SSSR count). The zero-order chi connectivity index (χ0) is 22.2. The fourth-order valence-corrected chi connectivity index (χ4v) is 5.28. The van der Waals surface area contributed by atoms with Crippen LogP contribution in [0.5, 0.6) is 0 Å². The van der Waals surface area contributed by atoms with Crippen LogP contribution >= 0.6 is 11.8 Å². The molecule has 160 valence electrons. The number of nitro groups is 1. The van der Waals surface area contributed by atoms with Gasteiger partial charge in [0, 0.05) is 9.67 Å². The molecule has 2 aliphatic heterocycles. The van der Waals surface area contributed by atoms with Gasteiger partial charge in [0.15, 0.2) is 0 Å². The molecule has 4 atom stereocenters. The van der Waals surface area contributed by atoms with Gasteiger partial charge in [0.1, 0.15) is 23.5 Å². The van der Waals surface area contributed by atoms with Crippen molar-refractivity contribution < 1.29 is 29.2 Å². The molecule has 0 aliphatic carbocycles. The number of aliphatic carboxylic acids is 1. The van der Waals surface area contributed by atoms with Gasteiger partial charge in [0.25, 0.3) is 12.5 Å². The lowest BCUT2D eigenvalue weighted by molar-refractivity contribution is -0.467. The zero-order valence-electron chi connectivity index (χ0n) is 16.1. The van der Waals surface area contributed by atoms with Crippen molar-refractivity contribution in [1.29, 1.82) is 0 Å². The van der Waals surface area contributed by atoms with Crippen LogP contribution in [0.3, 0.4) is 0 Å². The number of thioether (sulfide) groups is 1. The molecule has 0 bridgehead atoms. The van der Waals surface area contributed by atoms with E-state index in [1.165, 1.54) is 16.7 Å². The second-order valence-electron chi connectivity index (χ2n) is 7.49. The van der Waals surface area contributed by atoms with Crippen molar-refractivity contribution in [2.24, 2.45) is 0 Å². The average molecular weight is 436 g/mol. The van der Waals surface area contributed by atoms with Crippen LogP contribution in [0.4, 0.5) is 0 Å². The van der Waals surface area contributed by atoms with Gasteiger partial charge in [-0.15, -0.1) is 11.8 Å². The molecule has 0 spiro atoms. The number of nitrogens with one attached hydrogen (secondary N) is 2. The lowest BCUT2D eigenvalue weighted by Crippen LogP contribution is -2.71. The maximum Gasteiger partial charge on any atom is 0.327 e. The van der Waals surface area contributed by atoms with E-state index in [4.69, 9.17) is 0 Å². The summed E-state index contributed by atoms with van der Waals surface area (Å²) in [6.45, 7) is 2.43. The van der Waals surface area contributed by atoms with Crippen molar-refractivity contribution in [1.82, 2.24) is 15.5 Å². The van der Waals surface area contributed by atoms with E-state index in [1.54, 1.807) is 44.2 Å². The number of rotatable bonds is 7. The molecule has 0 radical (unpaired) electrons. The SMILES string of the molecule is CC1(C)S[C@@H]2[C@H](NC(=O)C(NC(=O)C[N+](=O)[O-])c3ccccc3)C(=O)N2[C@H]1C(=O)O. The molecule has 12 heteroatoms. The number of nitrogens with zero attached hydrogens (tertiary/aromatic N) is 2. The second kappa shape index (κ2) is 7.94. The summed E-state index contributed by atoms with van der Waals surface area (Å²) >= 11 is 1.27. The van der Waals surface area contributed by atoms with Gasteiger partial charge in [-0.1, -0.05) is 30.3 Å². The van der Waals surface area contributed by atoms with E-state index in [-0.39, 0.29) is 0 Å². The lowest BCUT2D eigenvalue weighted by Gasteiger charge is -2.44. The Kier molecular flexibility index (Phi) is 5.70. The van der Waals surface area contributed by atoms with Crippen LogP contribution in [-0.4, -0.2) is 67.4 Å². The van der Waals surface area contributed by atoms with Crippen molar-refractivity contribution in [2.45, 2.75) is 42.1 Å². The van der Waals surface area contributed by atoms with Gasteiger partial charge in [-0.3, -0.25) is 24.5 Å². The molecule has 0 saturated carbocycles. The normalized spacial score (nSPS) is 24.9. The monoisotopic (exact) mass is 436 g/mol. The third-order valence-corrected chi connectivity index (χ3v) is 6.52. The van der Waals surface area contributed by atoms with Crippen molar-refractivity contribution in [2.75, 3.05) is 6.54 Å². The van der Waals surface area contributed by atoms with E-state index in [9.17, 15) is 34.4 Å². The number of carbonyl (C=O) groups is 4. The smallest absolute Gasteiger partial charge is 0.327 e. The molecular formula is C18H20N4O7S. The Balaban J connectivity index is 1.77. The highest BCUT2D eigenvalue weighted by molar-refractivity contribution is 8.01. The van der Waals surface area contributed by atoms with Crippen molar-refractivity contribution in [3.8, 4) is 0 Å². The quantitative estimate of drug-likeness (QED) is 0.300. The highest BCUT2D eigenvalue weighted by atomic mass is 32.2. The first-order valence-corrected chi connectivity index (χ1v) is 9.90. The highest BCUT2D eigenvalue weighted by Gasteiger charge is 2.64. The van der Waals surface area contributed by atoms with Crippen LogP contribution in [0.25, 0.3) is 0 Å². The van der Waals surface area contributed by atoms with E-state index in [0.29, 0.717) is 5.56 Å². The van der Waals surface area contributed by atoms with Crippen molar-refractivity contribution >= 4 is 35.5 Å². The maximum atomic E-state index is 12.9. The minimum absolute atomic E-state index is 0.387. The molecule has 3 N–H and O–H groups in total. The predicted molar refractivity (Wildman–Crippen MR) is 105 cm³/mol. The van der Waals surface area contributed by atoms with Crippen molar-refractivity contribution in [3.05, 3.63) is 46.0 Å². The Morgan fingerprint density at radius 2 is 1.93 bits per heavy atom. The number of carbonyl (C=O) groups excluding carboxylic acids is 3. The summed E-state index contributed by atoms with van der Waals surface area (Å²) in [5.74, 6) is -3.31. The van der Waals surface area contributed by atoms with Gasteiger partial charge >= 0.3 is 5.97 Å². The van der Waals surface area contributed by atoms with Crippen LogP contribution in [-0.2, 0) is 19.2 Å². The van der Waals surface area contributed by atoms with Gasteiger partial charge in [-0.05, 0) is 19.4 Å². The Morgan fingerprint density at radius 1 is 1.30 bits per heavy atom. The third-order valence-electron chi connectivity index (χ3n) is 4.95. The van der Waals surface area contributed by atoms with Crippen LogP contribution in [0.2, 0.25) is 0 Å². The number of fused-ring (bicyclic) bond motifs is 1. The number of carboxylic acid groups (broad SMARTS) is 1. The molecule has 2 aliphatic rings. The largest absolute Gasteiger partial charge is 0.480 e. The first kappa shape index (κ1) is 21.6. The first-order valence-electron chi connectivity index (χ1n) is 9.02. The Labute approximate surface area is 175 Å². The molecule has 1 aromatic rings. The van der Waals surface area contributed by atoms with Gasteiger partial charge in [0.2, 0.25) is 11.8 Å². The third kappa shape index (κ3) is 3.95. The van der Waals surface area contributed by atoms with E-state index < -0.39 is 63.4 Å². The van der Waals surface area contributed by atoms with Crippen molar-refractivity contribution in [3.63, 3.8) is 0 Å². The van der Waals surface area contributed by atoms with Gasteiger partial charge in [-0.25, -0.2) is 4.79 Å². The van der Waals surface area contributed by atoms with E-state index in [0.717, 1.165) is 0 Å². The van der Waals surface area contributed by atoms with Gasteiger partial charge < -0.3 is 20.6 Å². The summed E-state index contributed by atoms with van der Waals surface area (Å²) in [5.41, 5.74) is 0.387. The number of amides is 3. The lowest BCUT2D eigenvalue weighted by atomic mass is 9.95. The molecule has 2 fully saturated rings. The summed E-state index contributed by atoms with van der Waals surface area (Å²) in [6, 6.07) is 4.90. The minimum atomic E-state index is -1.24. The highest BCUT2D eigenvalue weighted by Crippen LogP contribution is 2.50. The molecule has 2 saturated heterocycles. The molecule has 30 heavy (non-hydrogen) atoms. The number of carboxylic acids is 1. The van der Waals surface area contributed by atoms with Crippen LogP contribution in [0, 0.1) is 10.1 Å². The summed E-state index contributed by atoms with van der Waals surface area (Å²) in [7, 11) is 0. The summed E-state index contributed by atoms with van der Waals surface area (Å²) in [5, 5.41) is 24.4. The maximum absolute atomic E-state index is 12.9. The Morgan fingerprint density at radius 3 is 2.50 bits per heavy atom. The number of β-lactam (4-membered cyclic amide) rings is 1. The van der Waals surface area contributed by atoms with E-state index in [2.05, 4.69) is 10.6 Å². The van der Waals surface area contributed by atoms with E-state index in [1.807, 2.05) is 0 Å². The van der Waals surface area contributed by atoms with Crippen LogP contribution < -0.4 is 10.6 Å². The molecule has 3 amide bonds. The van der Waals surface area contributed by atoms with Crippen LogP contribution in [0.1, 0.15) is 25.5 Å². The molecular weight excluding hydrogens is 416 g/mol. The predicted octanol–water partition coefficient (Wildman–Crippen LogP) is -0.248. The standard InChI is InChI=1S/C18H20N4O7S/c1-18(2)13(17(26)27)22-15(25)12(16(22)30-18)20-14(24)11(9-6-4-3-5-7-9)19-10(23)8-21(28)29/h3-7,11-13,16H,8H2,1-2H3,(H,19,23)(H,20,24)(H,26,27)/t11?,12-,13+,16-/m1/s1. The van der Waals surface area contributed by atoms with Gasteiger partial charge in [-0.2, -0.15) is 0 Å². The number of hydrogen-bond acceptors (Lipinski definition) is 7. The number of benzene rings is 1. The molecule has 1 unspecified atom stereocenters. The Hall–Kier alpha value is -3.15. The average Bonchev–Trinajstić information content (AvgIpc) is 2.92. The fraction of sp³-hybridized carbons (Fsp3) is 0.444. The van der Waals surface area contributed by atoms with Gasteiger partial charge in [0.05, 0.1) is 0 Å². The van der Waals surface area contributed by atoms with E-state index >= 15 is 0 Å². The zero-order valence-corrected chi connectivity index (χ0v) is 16.9. The molecule has 0 aromatic heterocycles. The minimum Gasteiger partial charge on any atom is -0.480 e. The molecule has 2 heterocycles. The summed E-state index contributed by atoms with van der Waals surface area (Å²) in [4.78, 5) is 59.9. The second-order valence-corrected chi connectivity index (χ2v) is 9.26. The fourth-order valence-electron chi connectivity index (χ4n) is 3.65. The summed E-state index contributed by atoms with van der Waals surface area (Å²) in [6.07, 6.45) is 0. The van der Waals surface area contributed by atoms with Crippen LogP contribution in [0.15, 0.2) is 30.3 Å². The molecule has 11 nitrogen and oxygen atoms in total.